The lowest BCUT2D eigenvalue weighted by atomic mass is 10.1. The highest BCUT2D eigenvalue weighted by atomic mass is 32.2. The van der Waals surface area contributed by atoms with E-state index in [0.717, 1.165) is 49.3 Å². The molecule has 10 heteroatoms. The highest BCUT2D eigenvalue weighted by Crippen LogP contribution is 2.29. The molecule has 1 amide bonds. The highest BCUT2D eigenvalue weighted by Gasteiger charge is 2.36. The van der Waals surface area contributed by atoms with Crippen molar-refractivity contribution in [1.82, 2.24) is 28.2 Å². The molecular weight excluding hydrogens is 428 g/mol. The summed E-state index contributed by atoms with van der Waals surface area (Å²) < 4.78 is 31.0. The second-order valence-electron chi connectivity index (χ2n) is 8.78. The zero-order valence-electron chi connectivity index (χ0n) is 18.5. The van der Waals surface area contributed by atoms with Gasteiger partial charge < -0.3 is 9.80 Å². The van der Waals surface area contributed by atoms with Crippen molar-refractivity contribution in [1.29, 1.82) is 0 Å². The van der Waals surface area contributed by atoms with Crippen LogP contribution in [0.1, 0.15) is 28.2 Å². The van der Waals surface area contributed by atoms with Crippen molar-refractivity contribution in [2.75, 3.05) is 59.4 Å². The summed E-state index contributed by atoms with van der Waals surface area (Å²) in [6.45, 7) is 3.93. The second-order valence-corrected chi connectivity index (χ2v) is 10.7. The molecule has 1 aliphatic carbocycles. The zero-order chi connectivity index (χ0) is 22.3. The van der Waals surface area contributed by atoms with Crippen molar-refractivity contribution in [2.24, 2.45) is 0 Å². The summed E-state index contributed by atoms with van der Waals surface area (Å²) in [6.07, 6.45) is 2.81. The van der Waals surface area contributed by atoms with E-state index in [4.69, 9.17) is 5.10 Å². The third kappa shape index (κ3) is 3.85. The number of rotatable bonds is 4. The maximum absolute atomic E-state index is 13.4. The minimum atomic E-state index is -3.48. The number of hydrogen-bond donors (Lipinski definition) is 0. The van der Waals surface area contributed by atoms with Crippen LogP contribution in [0.25, 0.3) is 5.69 Å². The van der Waals surface area contributed by atoms with Crippen molar-refractivity contribution < 1.29 is 13.2 Å². The van der Waals surface area contributed by atoms with Crippen LogP contribution < -0.4 is 0 Å². The number of hydrogen-bond acceptors (Lipinski definition) is 5. The molecular formula is C22H30N6O3S. The lowest BCUT2D eigenvalue weighted by Gasteiger charge is -2.39. The number of nitrogens with zero attached hydrogens (tertiary/aromatic N) is 6. The summed E-state index contributed by atoms with van der Waals surface area (Å²) in [5, 5.41) is 4.71. The average Bonchev–Trinajstić information content (AvgIpc) is 3.43. The first kappa shape index (κ1) is 21.6. The van der Waals surface area contributed by atoms with Crippen LogP contribution in [-0.2, 0) is 23.1 Å². The Morgan fingerprint density at radius 3 is 2.16 bits per heavy atom. The zero-order valence-corrected chi connectivity index (χ0v) is 19.3. The molecule has 5 rings (SSSR count). The van der Waals surface area contributed by atoms with Crippen LogP contribution in [0.15, 0.2) is 30.3 Å². The van der Waals surface area contributed by atoms with Gasteiger partial charge in [-0.05, 0) is 38.4 Å². The van der Waals surface area contributed by atoms with Crippen molar-refractivity contribution in [3.8, 4) is 5.69 Å². The topological polar surface area (TPSA) is 82.0 Å². The van der Waals surface area contributed by atoms with E-state index in [0.29, 0.717) is 45.0 Å². The standard InChI is InChI=1S/C22H30N6O3S/c1-24-10-14-26(15-11-24)32(30,31)27-16-12-25(13-17-27)22(29)21-19-8-5-9-20(19)28(23-21)18-6-3-2-4-7-18/h2-4,6-7H,5,8-17H2,1H3. The quantitative estimate of drug-likeness (QED) is 0.671. The van der Waals surface area contributed by atoms with Crippen molar-refractivity contribution >= 4 is 16.1 Å². The predicted octanol–water partition coefficient (Wildman–Crippen LogP) is 0.611. The first-order valence-corrected chi connectivity index (χ1v) is 12.7. The van der Waals surface area contributed by atoms with E-state index >= 15 is 0 Å². The van der Waals surface area contributed by atoms with Crippen LogP contribution in [-0.4, -0.2) is 102 Å². The Morgan fingerprint density at radius 2 is 1.50 bits per heavy atom. The van der Waals surface area contributed by atoms with Crippen LogP contribution in [0.2, 0.25) is 0 Å². The minimum absolute atomic E-state index is 0.0884. The van der Waals surface area contributed by atoms with Crippen LogP contribution in [0.4, 0.5) is 0 Å². The summed E-state index contributed by atoms with van der Waals surface area (Å²) in [6, 6.07) is 9.92. The van der Waals surface area contributed by atoms with Gasteiger partial charge in [-0.25, -0.2) is 4.68 Å². The molecule has 2 aromatic rings. The lowest BCUT2D eigenvalue weighted by Crippen LogP contribution is -2.57. The number of fused-ring (bicyclic) bond motifs is 1. The fourth-order valence-electron chi connectivity index (χ4n) is 4.85. The number of para-hydroxylation sites is 1. The van der Waals surface area contributed by atoms with Gasteiger partial charge in [-0.2, -0.15) is 22.1 Å². The molecule has 3 aliphatic rings. The SMILES string of the molecule is CN1CCN(S(=O)(=O)N2CCN(C(=O)c3nn(-c4ccccc4)c4c3CCC4)CC2)CC1. The number of likely N-dealkylation sites (N-methyl/N-ethyl adjacent to an activating group) is 1. The number of aromatic nitrogens is 2. The van der Waals surface area contributed by atoms with Crippen molar-refractivity contribution in [2.45, 2.75) is 19.3 Å². The maximum atomic E-state index is 13.4. The third-order valence-corrected chi connectivity index (χ3v) is 8.81. The van der Waals surface area contributed by atoms with Gasteiger partial charge in [-0.3, -0.25) is 4.79 Å². The van der Waals surface area contributed by atoms with Crippen molar-refractivity contribution in [3.63, 3.8) is 0 Å². The van der Waals surface area contributed by atoms with Gasteiger partial charge in [0.15, 0.2) is 5.69 Å². The molecule has 0 radical (unpaired) electrons. The van der Waals surface area contributed by atoms with E-state index in [2.05, 4.69) is 4.90 Å². The molecule has 2 aliphatic heterocycles. The number of carbonyl (C=O) groups excluding carboxylic acids is 1. The molecule has 3 heterocycles. The van der Waals surface area contributed by atoms with E-state index in [1.165, 1.54) is 4.31 Å². The molecule has 2 fully saturated rings. The van der Waals surface area contributed by atoms with E-state index in [-0.39, 0.29) is 5.91 Å². The Labute approximate surface area is 189 Å². The summed E-state index contributed by atoms with van der Waals surface area (Å²) in [5.41, 5.74) is 3.66. The van der Waals surface area contributed by atoms with Gasteiger partial charge in [0.25, 0.3) is 16.1 Å². The molecule has 9 nitrogen and oxygen atoms in total. The van der Waals surface area contributed by atoms with Crippen LogP contribution in [0.3, 0.4) is 0 Å². The highest BCUT2D eigenvalue weighted by molar-refractivity contribution is 7.86. The largest absolute Gasteiger partial charge is 0.335 e. The lowest BCUT2D eigenvalue weighted by molar-refractivity contribution is 0.0684. The third-order valence-electron chi connectivity index (χ3n) is 6.77. The summed E-state index contributed by atoms with van der Waals surface area (Å²) in [5.74, 6) is -0.0884. The Kier molecular flexibility index (Phi) is 5.79. The number of piperazine rings is 2. The summed E-state index contributed by atoms with van der Waals surface area (Å²) >= 11 is 0. The molecule has 0 N–H and O–H groups in total. The fraction of sp³-hybridized carbons (Fsp3) is 0.545. The van der Waals surface area contributed by atoms with E-state index in [9.17, 15) is 13.2 Å². The van der Waals surface area contributed by atoms with Crippen LogP contribution in [0.5, 0.6) is 0 Å². The Balaban J connectivity index is 1.29. The predicted molar refractivity (Wildman–Crippen MR) is 121 cm³/mol. The monoisotopic (exact) mass is 458 g/mol. The fourth-order valence-corrected chi connectivity index (χ4v) is 6.42. The first-order valence-electron chi connectivity index (χ1n) is 11.3. The number of amides is 1. The molecule has 2 saturated heterocycles. The van der Waals surface area contributed by atoms with E-state index in [1.54, 1.807) is 9.21 Å². The molecule has 0 unspecified atom stereocenters. The van der Waals surface area contributed by atoms with Crippen LogP contribution in [0, 0.1) is 0 Å². The van der Waals surface area contributed by atoms with Gasteiger partial charge in [0.05, 0.1) is 5.69 Å². The molecule has 32 heavy (non-hydrogen) atoms. The average molecular weight is 459 g/mol. The van der Waals surface area contributed by atoms with Gasteiger partial charge >= 0.3 is 0 Å². The van der Waals surface area contributed by atoms with Gasteiger partial charge in [0.1, 0.15) is 0 Å². The first-order chi connectivity index (χ1) is 15.4. The summed E-state index contributed by atoms with van der Waals surface area (Å²) in [7, 11) is -1.48. The molecule has 0 bridgehead atoms. The van der Waals surface area contributed by atoms with E-state index in [1.807, 2.05) is 42.1 Å². The Bertz CT molecular complexity index is 1080. The Hall–Kier alpha value is -2.27. The van der Waals surface area contributed by atoms with Crippen LogP contribution >= 0.6 is 0 Å². The Morgan fingerprint density at radius 1 is 0.875 bits per heavy atom. The molecule has 0 saturated carbocycles. The normalized spacial score (nSPS) is 21.1. The van der Waals surface area contributed by atoms with Crippen molar-refractivity contribution in [3.05, 3.63) is 47.3 Å². The molecule has 0 atom stereocenters. The molecule has 1 aromatic carbocycles. The summed E-state index contributed by atoms with van der Waals surface area (Å²) in [4.78, 5) is 17.3. The number of benzene rings is 1. The smallest absolute Gasteiger partial charge is 0.282 e. The van der Waals surface area contributed by atoms with E-state index < -0.39 is 10.2 Å². The number of carbonyl (C=O) groups is 1. The molecule has 172 valence electrons. The van der Waals surface area contributed by atoms with Gasteiger partial charge in [-0.1, -0.05) is 18.2 Å². The minimum Gasteiger partial charge on any atom is -0.335 e. The van der Waals surface area contributed by atoms with Gasteiger partial charge in [-0.15, -0.1) is 0 Å². The maximum Gasteiger partial charge on any atom is 0.282 e. The second kappa shape index (κ2) is 8.58. The van der Waals surface area contributed by atoms with Gasteiger partial charge in [0, 0.05) is 63.6 Å². The van der Waals surface area contributed by atoms with Gasteiger partial charge in [0.2, 0.25) is 0 Å². The molecule has 1 aromatic heterocycles. The molecule has 0 spiro atoms.